The van der Waals surface area contributed by atoms with Crippen molar-refractivity contribution in [3.63, 3.8) is 0 Å². The molecular formula is C21H19ClN2O5S. The van der Waals surface area contributed by atoms with Crippen LogP contribution in [0.3, 0.4) is 0 Å². The zero-order valence-corrected chi connectivity index (χ0v) is 17.5. The maximum Gasteiger partial charge on any atom is 0.293 e. The van der Waals surface area contributed by atoms with Crippen LogP contribution in [0.5, 0.6) is 5.75 Å². The summed E-state index contributed by atoms with van der Waals surface area (Å²) < 4.78 is 31.1. The molecule has 0 fully saturated rings. The lowest BCUT2D eigenvalue weighted by molar-refractivity contribution is -0.0761. The number of hydroxylamine groups is 1. The van der Waals surface area contributed by atoms with E-state index in [4.69, 9.17) is 16.3 Å². The van der Waals surface area contributed by atoms with Crippen LogP contribution < -0.4 is 9.57 Å². The van der Waals surface area contributed by atoms with Gasteiger partial charge in [-0.1, -0.05) is 52.8 Å². The fourth-order valence-electron chi connectivity index (χ4n) is 2.85. The van der Waals surface area contributed by atoms with E-state index in [1.54, 1.807) is 12.1 Å². The SMILES string of the molecule is COc1ccc(S(=O)(=O)NN(O)C(=O)c2cccc(Cl)c2)c(Cc2ccccc2)c1. The maximum absolute atomic E-state index is 12.9. The molecule has 0 atom stereocenters. The topological polar surface area (TPSA) is 95.9 Å². The Balaban J connectivity index is 1.90. The summed E-state index contributed by atoms with van der Waals surface area (Å²) in [6.45, 7) is 0. The monoisotopic (exact) mass is 446 g/mol. The summed E-state index contributed by atoms with van der Waals surface area (Å²) in [5.74, 6) is -0.491. The van der Waals surface area contributed by atoms with Crippen molar-refractivity contribution in [3.8, 4) is 5.75 Å². The molecule has 0 aliphatic carbocycles. The first-order chi connectivity index (χ1) is 14.3. The molecule has 3 rings (SSSR count). The number of benzene rings is 3. The summed E-state index contributed by atoms with van der Waals surface area (Å²) in [6.07, 6.45) is 0.307. The number of nitrogens with one attached hydrogen (secondary N) is 1. The number of methoxy groups -OCH3 is 1. The van der Waals surface area contributed by atoms with Crippen molar-refractivity contribution in [1.29, 1.82) is 0 Å². The van der Waals surface area contributed by atoms with Crippen LogP contribution in [0.2, 0.25) is 5.02 Å². The summed E-state index contributed by atoms with van der Waals surface area (Å²) >= 11 is 5.85. The van der Waals surface area contributed by atoms with Gasteiger partial charge >= 0.3 is 0 Å². The van der Waals surface area contributed by atoms with Crippen LogP contribution in [0.1, 0.15) is 21.5 Å². The third-order valence-corrected chi connectivity index (χ3v) is 5.89. The lowest BCUT2D eigenvalue weighted by atomic mass is 10.0. The molecule has 0 radical (unpaired) electrons. The first-order valence-electron chi connectivity index (χ1n) is 8.82. The molecule has 9 heteroatoms. The second-order valence-corrected chi connectivity index (χ2v) is 8.42. The molecule has 0 spiro atoms. The van der Waals surface area contributed by atoms with Gasteiger partial charge in [-0.15, -0.1) is 5.17 Å². The molecule has 0 aliphatic rings. The Bertz CT molecular complexity index is 1150. The molecule has 0 heterocycles. The van der Waals surface area contributed by atoms with E-state index >= 15 is 0 Å². The summed E-state index contributed by atoms with van der Waals surface area (Å²) in [4.78, 5) is 14.1. The molecular weight excluding hydrogens is 428 g/mol. The second kappa shape index (κ2) is 9.27. The van der Waals surface area contributed by atoms with E-state index in [9.17, 15) is 18.4 Å². The van der Waals surface area contributed by atoms with Crippen LogP contribution >= 0.6 is 11.6 Å². The highest BCUT2D eigenvalue weighted by Gasteiger charge is 2.25. The Morgan fingerprint density at radius 1 is 1.07 bits per heavy atom. The van der Waals surface area contributed by atoms with E-state index in [-0.39, 0.29) is 20.7 Å². The number of hydrogen-bond acceptors (Lipinski definition) is 5. The Kier molecular flexibility index (Phi) is 6.73. The minimum absolute atomic E-state index is 0.0203. The van der Waals surface area contributed by atoms with Crippen molar-refractivity contribution in [2.24, 2.45) is 0 Å². The number of sulfonamides is 1. The van der Waals surface area contributed by atoms with Gasteiger partial charge in [0.1, 0.15) is 5.75 Å². The normalized spacial score (nSPS) is 11.2. The van der Waals surface area contributed by atoms with E-state index in [0.717, 1.165) is 5.56 Å². The number of ether oxygens (including phenoxy) is 1. The van der Waals surface area contributed by atoms with Crippen LogP contribution in [-0.4, -0.2) is 31.8 Å². The molecule has 0 saturated carbocycles. The Hall–Kier alpha value is -2.91. The van der Waals surface area contributed by atoms with Gasteiger partial charge in [0, 0.05) is 10.6 Å². The number of nitrogens with zero attached hydrogens (tertiary/aromatic N) is 1. The molecule has 0 unspecified atom stereocenters. The van der Waals surface area contributed by atoms with E-state index < -0.39 is 15.9 Å². The smallest absolute Gasteiger partial charge is 0.293 e. The second-order valence-electron chi connectivity index (χ2n) is 6.36. The van der Waals surface area contributed by atoms with Gasteiger partial charge in [-0.3, -0.25) is 10.0 Å². The van der Waals surface area contributed by atoms with Crippen LogP contribution in [-0.2, 0) is 16.4 Å². The van der Waals surface area contributed by atoms with E-state index in [0.29, 0.717) is 17.7 Å². The van der Waals surface area contributed by atoms with E-state index in [1.165, 1.54) is 37.4 Å². The number of amides is 1. The zero-order chi connectivity index (χ0) is 21.7. The van der Waals surface area contributed by atoms with Gasteiger partial charge in [0.25, 0.3) is 15.9 Å². The number of hydrazine groups is 1. The third-order valence-electron chi connectivity index (χ3n) is 4.27. The van der Waals surface area contributed by atoms with Gasteiger partial charge < -0.3 is 4.74 Å². The van der Waals surface area contributed by atoms with Crippen LogP contribution in [0, 0.1) is 0 Å². The van der Waals surface area contributed by atoms with Crippen molar-refractivity contribution in [2.75, 3.05) is 7.11 Å². The number of carbonyl (C=O) groups excluding carboxylic acids is 1. The third kappa shape index (κ3) is 5.17. The number of rotatable bonds is 7. The van der Waals surface area contributed by atoms with Gasteiger partial charge in [-0.2, -0.15) is 0 Å². The minimum Gasteiger partial charge on any atom is -0.497 e. The molecule has 0 bridgehead atoms. The molecule has 1 amide bonds. The zero-order valence-electron chi connectivity index (χ0n) is 15.9. The van der Waals surface area contributed by atoms with Gasteiger partial charge in [-0.25, -0.2) is 8.42 Å². The highest BCUT2D eigenvalue weighted by molar-refractivity contribution is 7.89. The molecule has 3 aromatic rings. The largest absolute Gasteiger partial charge is 0.497 e. The highest BCUT2D eigenvalue weighted by Crippen LogP contribution is 2.25. The first-order valence-corrected chi connectivity index (χ1v) is 10.7. The molecule has 156 valence electrons. The standard InChI is InChI=1S/C21H19ClN2O5S/c1-29-19-10-11-20(17(14-19)12-15-6-3-2-4-7-15)30(27,28)23-24(26)21(25)16-8-5-9-18(22)13-16/h2-11,13-14,23,26H,12H2,1H3. The summed E-state index contributed by atoms with van der Waals surface area (Å²) in [5, 5.41) is 10.3. The van der Waals surface area contributed by atoms with Crippen molar-refractivity contribution < 1.29 is 23.2 Å². The lowest BCUT2D eigenvalue weighted by Gasteiger charge is -2.18. The fraction of sp³-hybridized carbons (Fsp3) is 0.0952. The van der Waals surface area contributed by atoms with Crippen LogP contribution in [0.25, 0.3) is 0 Å². The Labute approximate surface area is 179 Å². The molecule has 0 saturated heterocycles. The van der Waals surface area contributed by atoms with Crippen molar-refractivity contribution >= 4 is 27.5 Å². The number of halogens is 1. The number of hydrogen-bond donors (Lipinski definition) is 2. The maximum atomic E-state index is 12.9. The average Bonchev–Trinajstić information content (AvgIpc) is 2.73. The lowest BCUT2D eigenvalue weighted by Crippen LogP contribution is -2.44. The molecule has 0 aliphatic heterocycles. The minimum atomic E-state index is -4.28. The molecule has 30 heavy (non-hydrogen) atoms. The average molecular weight is 447 g/mol. The van der Waals surface area contributed by atoms with Crippen molar-refractivity contribution in [1.82, 2.24) is 10.0 Å². The predicted octanol–water partition coefficient (Wildman–Crippen LogP) is 3.66. The summed E-state index contributed by atoms with van der Waals surface area (Å²) in [5.41, 5.74) is 1.35. The molecule has 7 nitrogen and oxygen atoms in total. The quantitative estimate of drug-likeness (QED) is 0.426. The molecule has 0 aromatic heterocycles. The van der Waals surface area contributed by atoms with Gasteiger partial charge in [-0.05, 0) is 53.9 Å². The summed E-state index contributed by atoms with van der Waals surface area (Å²) in [6, 6.07) is 19.5. The van der Waals surface area contributed by atoms with Crippen LogP contribution in [0.15, 0.2) is 77.7 Å². The van der Waals surface area contributed by atoms with E-state index in [2.05, 4.69) is 0 Å². The Morgan fingerprint density at radius 3 is 2.47 bits per heavy atom. The van der Waals surface area contributed by atoms with Crippen molar-refractivity contribution in [3.05, 3.63) is 94.5 Å². The van der Waals surface area contributed by atoms with Gasteiger partial charge in [0.05, 0.1) is 12.0 Å². The predicted molar refractivity (Wildman–Crippen MR) is 112 cm³/mol. The fourth-order valence-corrected chi connectivity index (χ4v) is 4.17. The molecule has 2 N–H and O–H groups in total. The number of carbonyl (C=O) groups is 1. The van der Waals surface area contributed by atoms with E-state index in [1.807, 2.05) is 35.2 Å². The molecule has 3 aromatic carbocycles. The Morgan fingerprint density at radius 2 is 1.80 bits per heavy atom. The van der Waals surface area contributed by atoms with Gasteiger partial charge in [0.2, 0.25) is 0 Å². The summed E-state index contributed by atoms with van der Waals surface area (Å²) in [7, 11) is -2.80. The van der Waals surface area contributed by atoms with Crippen LogP contribution in [0.4, 0.5) is 0 Å². The highest BCUT2D eigenvalue weighted by atomic mass is 35.5. The van der Waals surface area contributed by atoms with Crippen molar-refractivity contribution in [2.45, 2.75) is 11.3 Å². The first kappa shape index (κ1) is 21.8. The van der Waals surface area contributed by atoms with Gasteiger partial charge in [0.15, 0.2) is 0 Å².